The van der Waals surface area contributed by atoms with Gasteiger partial charge in [-0.3, -0.25) is 4.79 Å². The fourth-order valence-electron chi connectivity index (χ4n) is 2.57. The monoisotopic (exact) mass is 365 g/mol. The Morgan fingerprint density at radius 2 is 1.67 bits per heavy atom. The maximum absolute atomic E-state index is 13.0. The molecule has 6 heteroatoms. The first-order valence-electron chi connectivity index (χ1n) is 7.68. The van der Waals surface area contributed by atoms with Crippen LogP contribution >= 0.6 is 23.2 Å². The molecule has 24 heavy (non-hydrogen) atoms. The molecule has 0 bridgehead atoms. The van der Waals surface area contributed by atoms with Gasteiger partial charge in [-0.25, -0.2) is 0 Å². The van der Waals surface area contributed by atoms with Crippen LogP contribution in [-0.4, -0.2) is 37.1 Å². The summed E-state index contributed by atoms with van der Waals surface area (Å²) in [6, 6.07) is 14.3. The Kier molecular flexibility index (Phi) is 5.61. The van der Waals surface area contributed by atoms with E-state index in [0.717, 1.165) is 5.56 Å². The Hall–Kier alpha value is -1.75. The van der Waals surface area contributed by atoms with E-state index >= 15 is 0 Å². The summed E-state index contributed by atoms with van der Waals surface area (Å²) in [5, 5.41) is 0.922. The van der Waals surface area contributed by atoms with E-state index in [4.69, 9.17) is 32.7 Å². The second-order valence-electron chi connectivity index (χ2n) is 5.45. The van der Waals surface area contributed by atoms with Gasteiger partial charge in [-0.15, -0.1) is 0 Å². The van der Waals surface area contributed by atoms with Crippen molar-refractivity contribution in [3.05, 3.63) is 64.1 Å². The summed E-state index contributed by atoms with van der Waals surface area (Å²) in [7, 11) is 0. The summed E-state index contributed by atoms with van der Waals surface area (Å²) in [6.45, 7) is 2.19. The molecule has 2 aromatic carbocycles. The highest BCUT2D eigenvalue weighted by molar-refractivity contribution is 6.34. The van der Waals surface area contributed by atoms with Crippen molar-refractivity contribution in [1.29, 1.82) is 0 Å². The quantitative estimate of drug-likeness (QED) is 0.822. The average molecular weight is 366 g/mol. The van der Waals surface area contributed by atoms with Crippen LogP contribution in [0.4, 0.5) is 0 Å². The lowest BCUT2D eigenvalue weighted by Crippen LogP contribution is -2.44. The van der Waals surface area contributed by atoms with Gasteiger partial charge in [0.1, 0.15) is 5.75 Å². The molecule has 0 unspecified atom stereocenters. The van der Waals surface area contributed by atoms with Gasteiger partial charge in [0.15, 0.2) is 0 Å². The van der Waals surface area contributed by atoms with Crippen molar-refractivity contribution in [3.8, 4) is 5.75 Å². The van der Waals surface area contributed by atoms with Gasteiger partial charge in [0.25, 0.3) is 5.91 Å². The maximum atomic E-state index is 13.0. The summed E-state index contributed by atoms with van der Waals surface area (Å²) in [5.41, 5.74) is 0.782. The molecule has 0 aromatic heterocycles. The molecule has 0 aliphatic carbocycles. The smallest absolute Gasteiger partial charge is 0.268 e. The van der Waals surface area contributed by atoms with E-state index in [1.807, 2.05) is 30.3 Å². The molecule has 1 atom stereocenters. The van der Waals surface area contributed by atoms with E-state index in [9.17, 15) is 4.79 Å². The number of ether oxygens (including phenoxy) is 2. The third-order valence-corrected chi connectivity index (χ3v) is 4.18. The van der Waals surface area contributed by atoms with Crippen LogP contribution in [-0.2, 0) is 9.53 Å². The van der Waals surface area contributed by atoms with Gasteiger partial charge in [0.05, 0.1) is 13.2 Å². The van der Waals surface area contributed by atoms with E-state index in [2.05, 4.69) is 0 Å². The fraction of sp³-hybridized carbons (Fsp3) is 0.278. The summed E-state index contributed by atoms with van der Waals surface area (Å²) in [6.07, 6.45) is -0.751. The van der Waals surface area contributed by atoms with Crippen LogP contribution in [0.3, 0.4) is 0 Å². The van der Waals surface area contributed by atoms with Gasteiger partial charge in [-0.1, -0.05) is 53.5 Å². The lowest BCUT2D eigenvalue weighted by atomic mass is 10.1. The molecule has 1 aliphatic heterocycles. The van der Waals surface area contributed by atoms with E-state index in [1.165, 1.54) is 0 Å². The van der Waals surface area contributed by atoms with Gasteiger partial charge >= 0.3 is 0 Å². The number of benzene rings is 2. The lowest BCUT2D eigenvalue weighted by Gasteiger charge is -2.30. The van der Waals surface area contributed by atoms with Crippen molar-refractivity contribution in [1.82, 2.24) is 4.90 Å². The molecule has 1 heterocycles. The normalized spacial score (nSPS) is 15.8. The maximum Gasteiger partial charge on any atom is 0.268 e. The molecular formula is C18H17Cl2NO3. The van der Waals surface area contributed by atoms with E-state index < -0.39 is 6.10 Å². The Bertz CT molecular complexity index is 682. The predicted octanol–water partition coefficient (Wildman–Crippen LogP) is 3.97. The first-order chi connectivity index (χ1) is 11.6. The minimum Gasteiger partial charge on any atom is -0.476 e. The molecule has 0 N–H and O–H groups in total. The topological polar surface area (TPSA) is 38.8 Å². The number of amides is 1. The number of rotatable bonds is 4. The van der Waals surface area contributed by atoms with Crippen molar-refractivity contribution < 1.29 is 14.3 Å². The summed E-state index contributed by atoms with van der Waals surface area (Å²) in [5.74, 6) is 0.364. The van der Waals surface area contributed by atoms with E-state index in [0.29, 0.717) is 42.1 Å². The molecule has 0 saturated carbocycles. The molecule has 1 aliphatic rings. The van der Waals surface area contributed by atoms with Crippen LogP contribution in [0.15, 0.2) is 48.5 Å². The molecule has 126 valence electrons. The standard InChI is InChI=1S/C18H17Cl2NO3/c19-14-10-15(20)12-16(11-14)24-17(13-4-2-1-3-5-13)18(22)21-6-8-23-9-7-21/h1-5,10-12,17H,6-9H2/t17-/m0/s1. The molecule has 1 amide bonds. The molecule has 4 nitrogen and oxygen atoms in total. The van der Waals surface area contributed by atoms with Crippen molar-refractivity contribution in [3.63, 3.8) is 0 Å². The highest BCUT2D eigenvalue weighted by atomic mass is 35.5. The number of halogens is 2. The second-order valence-corrected chi connectivity index (χ2v) is 6.32. The van der Waals surface area contributed by atoms with Crippen molar-refractivity contribution in [2.24, 2.45) is 0 Å². The van der Waals surface area contributed by atoms with Crippen LogP contribution in [0, 0.1) is 0 Å². The van der Waals surface area contributed by atoms with Gasteiger partial charge in [-0.2, -0.15) is 0 Å². The van der Waals surface area contributed by atoms with Gasteiger partial charge in [-0.05, 0) is 18.2 Å². The zero-order valence-electron chi connectivity index (χ0n) is 13.0. The minimum atomic E-state index is -0.751. The highest BCUT2D eigenvalue weighted by Crippen LogP contribution is 2.29. The highest BCUT2D eigenvalue weighted by Gasteiger charge is 2.29. The lowest BCUT2D eigenvalue weighted by molar-refractivity contribution is -0.143. The second kappa shape index (κ2) is 7.88. The Balaban J connectivity index is 1.88. The van der Waals surface area contributed by atoms with Crippen molar-refractivity contribution in [2.45, 2.75) is 6.10 Å². The fourth-order valence-corrected chi connectivity index (χ4v) is 3.08. The van der Waals surface area contributed by atoms with Gasteiger partial charge in [0, 0.05) is 28.7 Å². The molecule has 0 spiro atoms. The van der Waals surface area contributed by atoms with Crippen LogP contribution in [0.2, 0.25) is 10.0 Å². The molecule has 1 fully saturated rings. The number of carbonyl (C=O) groups is 1. The van der Waals surface area contributed by atoms with Crippen LogP contribution in [0.1, 0.15) is 11.7 Å². The first-order valence-corrected chi connectivity index (χ1v) is 8.43. The average Bonchev–Trinajstić information content (AvgIpc) is 2.60. The molecule has 1 saturated heterocycles. The van der Waals surface area contributed by atoms with Crippen LogP contribution < -0.4 is 4.74 Å². The third-order valence-electron chi connectivity index (χ3n) is 3.74. The molecule has 3 rings (SSSR count). The molecule has 0 radical (unpaired) electrons. The number of nitrogens with zero attached hydrogens (tertiary/aromatic N) is 1. The first kappa shape index (κ1) is 17.1. The SMILES string of the molecule is O=C([C@@H](Oc1cc(Cl)cc(Cl)c1)c1ccccc1)N1CCOCC1. The zero-order chi connectivity index (χ0) is 16.9. The Morgan fingerprint density at radius 3 is 2.29 bits per heavy atom. The zero-order valence-corrected chi connectivity index (χ0v) is 14.5. The van der Waals surface area contributed by atoms with E-state index in [1.54, 1.807) is 23.1 Å². The van der Waals surface area contributed by atoms with Crippen molar-refractivity contribution >= 4 is 29.1 Å². The number of morpholine rings is 1. The summed E-state index contributed by atoms with van der Waals surface area (Å²) >= 11 is 12.1. The number of hydrogen-bond acceptors (Lipinski definition) is 3. The predicted molar refractivity (Wildman–Crippen MR) is 93.7 cm³/mol. The summed E-state index contributed by atoms with van der Waals surface area (Å²) in [4.78, 5) is 14.7. The van der Waals surface area contributed by atoms with E-state index in [-0.39, 0.29) is 5.91 Å². The van der Waals surface area contributed by atoms with Gasteiger partial charge in [0.2, 0.25) is 6.10 Å². The van der Waals surface area contributed by atoms with Crippen LogP contribution in [0.5, 0.6) is 5.75 Å². The minimum absolute atomic E-state index is 0.0967. The number of hydrogen-bond donors (Lipinski definition) is 0. The number of carbonyl (C=O) groups excluding carboxylic acids is 1. The summed E-state index contributed by atoms with van der Waals surface area (Å²) < 4.78 is 11.3. The van der Waals surface area contributed by atoms with Gasteiger partial charge < -0.3 is 14.4 Å². The Labute approximate surface area is 150 Å². The molecule has 2 aromatic rings. The largest absolute Gasteiger partial charge is 0.476 e. The molecular weight excluding hydrogens is 349 g/mol. The van der Waals surface area contributed by atoms with Crippen LogP contribution in [0.25, 0.3) is 0 Å². The van der Waals surface area contributed by atoms with Crippen molar-refractivity contribution in [2.75, 3.05) is 26.3 Å². The third kappa shape index (κ3) is 4.20. The Morgan fingerprint density at radius 1 is 1.04 bits per heavy atom.